The Labute approximate surface area is 145 Å². The van der Waals surface area contributed by atoms with Crippen LogP contribution in [0.15, 0.2) is 29.6 Å². The van der Waals surface area contributed by atoms with Crippen molar-refractivity contribution in [3.05, 3.63) is 40.5 Å². The number of nitrogens with zero attached hydrogens (tertiary/aromatic N) is 3. The van der Waals surface area contributed by atoms with Crippen LogP contribution in [0.2, 0.25) is 0 Å². The minimum absolute atomic E-state index is 0.153. The molecule has 0 amide bonds. The first-order chi connectivity index (χ1) is 11.5. The summed E-state index contributed by atoms with van der Waals surface area (Å²) in [4.78, 5) is 6.83. The zero-order valence-corrected chi connectivity index (χ0v) is 15.1. The zero-order chi connectivity index (χ0) is 17.2. The summed E-state index contributed by atoms with van der Waals surface area (Å²) in [5.74, 6) is -0.102. The van der Waals surface area contributed by atoms with Crippen LogP contribution in [0.5, 0.6) is 0 Å². The molecule has 1 fully saturated rings. The van der Waals surface area contributed by atoms with E-state index in [0.29, 0.717) is 32.7 Å². The highest BCUT2D eigenvalue weighted by molar-refractivity contribution is 7.89. The second-order valence-electron chi connectivity index (χ2n) is 5.71. The van der Waals surface area contributed by atoms with Gasteiger partial charge in [-0.1, -0.05) is 0 Å². The van der Waals surface area contributed by atoms with Gasteiger partial charge in [0.2, 0.25) is 10.0 Å². The molecule has 1 aromatic carbocycles. The van der Waals surface area contributed by atoms with Gasteiger partial charge < -0.3 is 0 Å². The Balaban J connectivity index is 1.59. The van der Waals surface area contributed by atoms with E-state index >= 15 is 0 Å². The summed E-state index contributed by atoms with van der Waals surface area (Å²) in [6, 6.07) is 6.31. The predicted molar refractivity (Wildman–Crippen MR) is 93.8 cm³/mol. The zero-order valence-electron chi connectivity index (χ0n) is 13.5. The number of hydrogen-bond acceptors (Lipinski definition) is 5. The highest BCUT2D eigenvalue weighted by atomic mass is 32.2. The number of piperazine rings is 1. The smallest absolute Gasteiger partial charge is 0.213 e. The van der Waals surface area contributed by atoms with Crippen molar-refractivity contribution in [3.8, 4) is 11.3 Å². The van der Waals surface area contributed by atoms with E-state index in [1.807, 2.05) is 5.38 Å². The summed E-state index contributed by atoms with van der Waals surface area (Å²) >= 11 is 1.57. The summed E-state index contributed by atoms with van der Waals surface area (Å²) in [7, 11) is -3.09. The Kier molecular flexibility index (Phi) is 5.29. The van der Waals surface area contributed by atoms with E-state index in [9.17, 15) is 12.8 Å². The fraction of sp³-hybridized carbons (Fsp3) is 0.438. The Morgan fingerprint density at radius 2 is 1.83 bits per heavy atom. The van der Waals surface area contributed by atoms with Crippen LogP contribution in [-0.4, -0.2) is 54.5 Å². The van der Waals surface area contributed by atoms with Crippen molar-refractivity contribution < 1.29 is 12.8 Å². The van der Waals surface area contributed by atoms with Gasteiger partial charge in [0.05, 0.1) is 18.0 Å². The van der Waals surface area contributed by atoms with Gasteiger partial charge in [0, 0.05) is 37.1 Å². The molecule has 0 N–H and O–H groups in total. The Hall–Kier alpha value is -1.35. The summed E-state index contributed by atoms with van der Waals surface area (Å²) < 4.78 is 38.3. The number of sulfonamides is 1. The molecular weight excluding hydrogens is 349 g/mol. The lowest BCUT2D eigenvalue weighted by atomic mass is 10.2. The van der Waals surface area contributed by atoms with Gasteiger partial charge in [-0.3, -0.25) is 4.90 Å². The van der Waals surface area contributed by atoms with Crippen LogP contribution in [0.1, 0.15) is 11.9 Å². The van der Waals surface area contributed by atoms with Crippen LogP contribution in [0.25, 0.3) is 11.3 Å². The molecule has 0 bridgehead atoms. The van der Waals surface area contributed by atoms with Gasteiger partial charge in [-0.2, -0.15) is 4.31 Å². The molecular formula is C16H20FN3O2S2. The van der Waals surface area contributed by atoms with Gasteiger partial charge in [-0.05, 0) is 31.2 Å². The fourth-order valence-corrected chi connectivity index (χ4v) is 4.61. The van der Waals surface area contributed by atoms with E-state index in [1.54, 1.807) is 34.7 Å². The fourth-order valence-electron chi connectivity index (χ4n) is 2.68. The molecule has 2 aromatic rings. The van der Waals surface area contributed by atoms with Gasteiger partial charge in [0.15, 0.2) is 0 Å². The first-order valence-corrected chi connectivity index (χ1v) is 10.4. The van der Waals surface area contributed by atoms with E-state index in [-0.39, 0.29) is 11.6 Å². The summed E-state index contributed by atoms with van der Waals surface area (Å²) in [5, 5.41) is 2.96. The summed E-state index contributed by atoms with van der Waals surface area (Å²) in [6.45, 7) is 4.88. The molecule has 8 heteroatoms. The SMILES string of the molecule is CCS(=O)(=O)N1CCN(Cc2nc(-c3ccc(F)cc3)cs2)CC1. The number of benzene rings is 1. The van der Waals surface area contributed by atoms with E-state index in [1.165, 1.54) is 12.1 Å². The first kappa shape index (κ1) is 17.5. The molecule has 0 saturated carbocycles. The quantitative estimate of drug-likeness (QED) is 0.812. The number of hydrogen-bond donors (Lipinski definition) is 0. The molecule has 130 valence electrons. The molecule has 0 aliphatic carbocycles. The number of thiazole rings is 1. The average molecular weight is 369 g/mol. The van der Waals surface area contributed by atoms with E-state index in [4.69, 9.17) is 0 Å². The van der Waals surface area contributed by atoms with E-state index < -0.39 is 10.0 Å². The normalized spacial score (nSPS) is 17.2. The molecule has 0 unspecified atom stereocenters. The van der Waals surface area contributed by atoms with Crippen molar-refractivity contribution in [2.24, 2.45) is 0 Å². The standard InChI is InChI=1S/C16H20FN3O2S2/c1-2-24(21,22)20-9-7-19(8-10-20)11-16-18-15(12-23-16)13-3-5-14(17)6-4-13/h3-6,12H,2,7-11H2,1H3. The van der Waals surface area contributed by atoms with Crippen molar-refractivity contribution >= 4 is 21.4 Å². The van der Waals surface area contributed by atoms with Crippen molar-refractivity contribution in [2.75, 3.05) is 31.9 Å². The van der Waals surface area contributed by atoms with Crippen molar-refractivity contribution in [2.45, 2.75) is 13.5 Å². The monoisotopic (exact) mass is 369 g/mol. The molecule has 1 aliphatic rings. The van der Waals surface area contributed by atoms with Gasteiger partial charge in [0.1, 0.15) is 10.8 Å². The van der Waals surface area contributed by atoms with Crippen LogP contribution in [-0.2, 0) is 16.6 Å². The molecule has 0 spiro atoms. The Morgan fingerprint density at radius 1 is 1.17 bits per heavy atom. The van der Waals surface area contributed by atoms with Gasteiger partial charge in [0.25, 0.3) is 0 Å². The van der Waals surface area contributed by atoms with E-state index in [0.717, 1.165) is 16.3 Å². The minimum Gasteiger partial charge on any atom is -0.294 e. The van der Waals surface area contributed by atoms with Crippen LogP contribution in [0, 0.1) is 5.82 Å². The van der Waals surface area contributed by atoms with Gasteiger partial charge in [-0.15, -0.1) is 11.3 Å². The molecule has 1 aromatic heterocycles. The highest BCUT2D eigenvalue weighted by Crippen LogP contribution is 2.23. The number of rotatable bonds is 5. The summed E-state index contributed by atoms with van der Waals surface area (Å²) in [5.41, 5.74) is 1.75. The van der Waals surface area contributed by atoms with Gasteiger partial charge in [-0.25, -0.2) is 17.8 Å². The number of halogens is 1. The molecule has 0 atom stereocenters. The maximum absolute atomic E-state index is 13.0. The van der Waals surface area contributed by atoms with Crippen LogP contribution in [0.3, 0.4) is 0 Å². The molecule has 5 nitrogen and oxygen atoms in total. The second-order valence-corrected chi connectivity index (χ2v) is 8.91. The third kappa shape index (κ3) is 4.00. The lowest BCUT2D eigenvalue weighted by Gasteiger charge is -2.33. The van der Waals surface area contributed by atoms with Crippen LogP contribution >= 0.6 is 11.3 Å². The maximum Gasteiger partial charge on any atom is 0.213 e. The topological polar surface area (TPSA) is 53.5 Å². The van der Waals surface area contributed by atoms with Crippen molar-refractivity contribution in [1.29, 1.82) is 0 Å². The minimum atomic E-state index is -3.09. The number of aromatic nitrogens is 1. The molecule has 2 heterocycles. The molecule has 0 radical (unpaired) electrons. The average Bonchev–Trinajstić information content (AvgIpc) is 3.04. The molecule has 3 rings (SSSR count). The molecule has 1 saturated heterocycles. The highest BCUT2D eigenvalue weighted by Gasteiger charge is 2.25. The third-order valence-corrected chi connectivity index (χ3v) is 6.86. The Morgan fingerprint density at radius 3 is 2.46 bits per heavy atom. The first-order valence-electron chi connectivity index (χ1n) is 7.88. The van der Waals surface area contributed by atoms with E-state index in [2.05, 4.69) is 9.88 Å². The van der Waals surface area contributed by atoms with Crippen LogP contribution < -0.4 is 0 Å². The van der Waals surface area contributed by atoms with Crippen molar-refractivity contribution in [3.63, 3.8) is 0 Å². The molecule has 1 aliphatic heterocycles. The lowest BCUT2D eigenvalue weighted by Crippen LogP contribution is -2.48. The lowest BCUT2D eigenvalue weighted by molar-refractivity contribution is 0.181. The van der Waals surface area contributed by atoms with Crippen LogP contribution in [0.4, 0.5) is 4.39 Å². The molecule has 24 heavy (non-hydrogen) atoms. The third-order valence-electron chi connectivity index (χ3n) is 4.14. The largest absolute Gasteiger partial charge is 0.294 e. The van der Waals surface area contributed by atoms with Crippen molar-refractivity contribution in [1.82, 2.24) is 14.2 Å². The Bertz CT molecular complexity index is 782. The predicted octanol–water partition coefficient (Wildman–Crippen LogP) is 2.42. The maximum atomic E-state index is 13.0. The second kappa shape index (κ2) is 7.26. The van der Waals surface area contributed by atoms with Gasteiger partial charge >= 0.3 is 0 Å². The summed E-state index contributed by atoms with van der Waals surface area (Å²) in [6.07, 6.45) is 0.